The molecule has 3 nitrogen and oxygen atoms in total. The van der Waals surface area contributed by atoms with Gasteiger partial charge in [0.2, 0.25) is 0 Å². The number of hydrogen-bond acceptors (Lipinski definition) is 3. The number of hydrogen-bond donors (Lipinski definition) is 1. The summed E-state index contributed by atoms with van der Waals surface area (Å²) in [5.74, 6) is 0.463. The van der Waals surface area contributed by atoms with Crippen molar-refractivity contribution in [3.63, 3.8) is 0 Å². The molecule has 0 saturated heterocycles. The molecule has 1 aromatic carbocycles. The summed E-state index contributed by atoms with van der Waals surface area (Å²) >= 11 is 2.09. The Hall–Kier alpha value is -0.800. The van der Waals surface area contributed by atoms with Gasteiger partial charge in [-0.2, -0.15) is 5.26 Å². The Bertz CT molecular complexity index is 357. The number of methoxy groups -OCH3 is 1. The van der Waals surface area contributed by atoms with Crippen LogP contribution >= 0.6 is 22.6 Å². The molecule has 0 aliphatic heterocycles. The molecule has 13 heavy (non-hydrogen) atoms. The first-order valence-electron chi connectivity index (χ1n) is 3.60. The third-order valence-electron chi connectivity index (χ3n) is 1.63. The lowest BCUT2D eigenvalue weighted by atomic mass is 10.1. The van der Waals surface area contributed by atoms with Gasteiger partial charge in [0.05, 0.1) is 19.3 Å². The molecule has 1 aromatic rings. The van der Waals surface area contributed by atoms with Crippen LogP contribution in [0.3, 0.4) is 0 Å². The topological polar surface area (TPSA) is 53.2 Å². The van der Waals surface area contributed by atoms with E-state index in [1.807, 2.05) is 6.07 Å². The third kappa shape index (κ3) is 2.11. The van der Waals surface area contributed by atoms with Gasteiger partial charge >= 0.3 is 0 Å². The molecule has 0 heterocycles. The van der Waals surface area contributed by atoms with E-state index in [1.165, 1.54) is 7.11 Å². The molecule has 0 fully saturated rings. The van der Waals surface area contributed by atoms with Crippen LogP contribution in [0.5, 0.6) is 5.75 Å². The van der Waals surface area contributed by atoms with Gasteiger partial charge in [-0.25, -0.2) is 0 Å². The highest BCUT2D eigenvalue weighted by molar-refractivity contribution is 14.1. The summed E-state index contributed by atoms with van der Waals surface area (Å²) in [6.07, 6.45) is 0. The lowest BCUT2D eigenvalue weighted by molar-refractivity contribution is 0.273. The molecule has 4 heteroatoms. The van der Waals surface area contributed by atoms with E-state index in [0.29, 0.717) is 16.9 Å². The standard InChI is InChI=1S/C9H8INO2/c1-13-9-6(4-11)2-8(10)3-7(9)5-12/h2-3,12H,5H2,1H3. The summed E-state index contributed by atoms with van der Waals surface area (Å²) in [4.78, 5) is 0. The molecule has 1 rings (SSSR count). The fourth-order valence-corrected chi connectivity index (χ4v) is 1.78. The smallest absolute Gasteiger partial charge is 0.142 e. The lowest BCUT2D eigenvalue weighted by Gasteiger charge is -2.08. The van der Waals surface area contributed by atoms with Crippen LogP contribution in [0, 0.1) is 14.9 Å². The van der Waals surface area contributed by atoms with Crippen LogP contribution in [0.1, 0.15) is 11.1 Å². The third-order valence-corrected chi connectivity index (χ3v) is 2.25. The van der Waals surface area contributed by atoms with Crippen molar-refractivity contribution in [1.29, 1.82) is 5.26 Å². The van der Waals surface area contributed by atoms with Gasteiger partial charge in [-0.05, 0) is 34.7 Å². The minimum Gasteiger partial charge on any atom is -0.495 e. The second kappa shape index (κ2) is 4.44. The maximum atomic E-state index is 9.00. The van der Waals surface area contributed by atoms with Crippen molar-refractivity contribution in [3.05, 3.63) is 26.8 Å². The first-order chi connectivity index (χ1) is 6.22. The van der Waals surface area contributed by atoms with Gasteiger partial charge < -0.3 is 9.84 Å². The first kappa shape index (κ1) is 10.3. The Morgan fingerprint density at radius 3 is 2.77 bits per heavy atom. The van der Waals surface area contributed by atoms with Gasteiger partial charge in [0.25, 0.3) is 0 Å². The van der Waals surface area contributed by atoms with E-state index >= 15 is 0 Å². The van der Waals surface area contributed by atoms with Crippen molar-refractivity contribution in [2.75, 3.05) is 7.11 Å². The molecule has 0 saturated carbocycles. The van der Waals surface area contributed by atoms with Crippen molar-refractivity contribution < 1.29 is 9.84 Å². The van der Waals surface area contributed by atoms with E-state index < -0.39 is 0 Å². The van der Waals surface area contributed by atoms with Gasteiger partial charge in [0.15, 0.2) is 0 Å². The van der Waals surface area contributed by atoms with Crippen molar-refractivity contribution >= 4 is 22.6 Å². The highest BCUT2D eigenvalue weighted by Crippen LogP contribution is 2.25. The van der Waals surface area contributed by atoms with Crippen molar-refractivity contribution in [2.24, 2.45) is 0 Å². The fraction of sp³-hybridized carbons (Fsp3) is 0.222. The average Bonchev–Trinajstić information content (AvgIpc) is 2.16. The maximum absolute atomic E-state index is 9.00. The molecule has 0 radical (unpaired) electrons. The molecule has 0 aliphatic carbocycles. The fourth-order valence-electron chi connectivity index (χ4n) is 1.09. The first-order valence-corrected chi connectivity index (χ1v) is 4.68. The molecule has 0 aromatic heterocycles. The van der Waals surface area contributed by atoms with E-state index in [2.05, 4.69) is 22.6 Å². The summed E-state index contributed by atoms with van der Waals surface area (Å²) in [5.41, 5.74) is 1.10. The van der Waals surface area contributed by atoms with Crippen molar-refractivity contribution in [3.8, 4) is 11.8 Å². The predicted octanol–water partition coefficient (Wildman–Crippen LogP) is 1.66. The zero-order chi connectivity index (χ0) is 9.84. The summed E-state index contributed by atoms with van der Waals surface area (Å²) in [6, 6.07) is 5.53. The highest BCUT2D eigenvalue weighted by Gasteiger charge is 2.09. The largest absolute Gasteiger partial charge is 0.495 e. The number of halogens is 1. The van der Waals surface area contributed by atoms with E-state index in [-0.39, 0.29) is 6.61 Å². The summed E-state index contributed by atoms with van der Waals surface area (Å²) in [5, 5.41) is 17.8. The Morgan fingerprint density at radius 1 is 1.62 bits per heavy atom. The normalized spacial score (nSPS) is 9.38. The van der Waals surface area contributed by atoms with Crippen LogP contribution in [0.15, 0.2) is 12.1 Å². The Kier molecular flexibility index (Phi) is 3.51. The number of rotatable bonds is 2. The Labute approximate surface area is 90.1 Å². The number of nitriles is 1. The highest BCUT2D eigenvalue weighted by atomic mass is 127. The number of aliphatic hydroxyl groups is 1. The average molecular weight is 289 g/mol. The van der Waals surface area contributed by atoms with Crippen molar-refractivity contribution in [2.45, 2.75) is 6.61 Å². The second-order valence-corrected chi connectivity index (χ2v) is 3.66. The number of aliphatic hydroxyl groups excluding tert-OH is 1. The minimum absolute atomic E-state index is 0.116. The van der Waals surface area contributed by atoms with Crippen LogP contribution in [-0.2, 0) is 6.61 Å². The van der Waals surface area contributed by atoms with Crippen molar-refractivity contribution in [1.82, 2.24) is 0 Å². The molecule has 0 bridgehead atoms. The molecule has 0 aliphatic rings. The number of ether oxygens (including phenoxy) is 1. The molecule has 0 unspecified atom stereocenters. The minimum atomic E-state index is -0.116. The van der Waals surface area contributed by atoms with Gasteiger partial charge in [-0.15, -0.1) is 0 Å². The SMILES string of the molecule is COc1c(C#N)cc(I)cc1CO. The number of nitrogens with zero attached hydrogens (tertiary/aromatic N) is 1. The molecule has 0 spiro atoms. The predicted molar refractivity (Wildman–Crippen MR) is 56.3 cm³/mol. The zero-order valence-corrected chi connectivity index (χ0v) is 9.20. The number of benzene rings is 1. The Balaban J connectivity index is 3.36. The van der Waals surface area contributed by atoms with E-state index in [1.54, 1.807) is 12.1 Å². The van der Waals surface area contributed by atoms with Crippen LogP contribution in [0.2, 0.25) is 0 Å². The van der Waals surface area contributed by atoms with E-state index in [0.717, 1.165) is 3.57 Å². The van der Waals surface area contributed by atoms with Crippen LogP contribution in [0.25, 0.3) is 0 Å². The van der Waals surface area contributed by atoms with E-state index in [4.69, 9.17) is 15.1 Å². The zero-order valence-electron chi connectivity index (χ0n) is 7.04. The van der Waals surface area contributed by atoms with Crippen LogP contribution < -0.4 is 4.74 Å². The molecule has 1 N–H and O–H groups in total. The molecule has 0 atom stereocenters. The van der Waals surface area contributed by atoms with Gasteiger partial charge in [-0.3, -0.25) is 0 Å². The van der Waals surface area contributed by atoms with Crippen LogP contribution in [0.4, 0.5) is 0 Å². The van der Waals surface area contributed by atoms with Crippen LogP contribution in [-0.4, -0.2) is 12.2 Å². The van der Waals surface area contributed by atoms with Gasteiger partial charge in [-0.1, -0.05) is 0 Å². The molecule has 68 valence electrons. The quantitative estimate of drug-likeness (QED) is 0.842. The second-order valence-electron chi connectivity index (χ2n) is 2.42. The maximum Gasteiger partial charge on any atom is 0.142 e. The summed E-state index contributed by atoms with van der Waals surface area (Å²) < 4.78 is 5.94. The summed E-state index contributed by atoms with van der Waals surface area (Å²) in [7, 11) is 1.49. The van der Waals surface area contributed by atoms with Gasteiger partial charge in [0, 0.05) is 9.13 Å². The molecular weight excluding hydrogens is 281 g/mol. The Morgan fingerprint density at radius 2 is 2.31 bits per heavy atom. The van der Waals surface area contributed by atoms with E-state index in [9.17, 15) is 0 Å². The summed E-state index contributed by atoms with van der Waals surface area (Å²) in [6.45, 7) is -0.116. The lowest BCUT2D eigenvalue weighted by Crippen LogP contribution is -1.96. The molecule has 0 amide bonds. The monoisotopic (exact) mass is 289 g/mol. The van der Waals surface area contributed by atoms with Gasteiger partial charge in [0.1, 0.15) is 11.8 Å². The molecular formula is C9H8INO2.